The van der Waals surface area contributed by atoms with E-state index >= 15 is 0 Å². The third kappa shape index (κ3) is 8.87. The van der Waals surface area contributed by atoms with Crippen molar-refractivity contribution in [2.45, 2.75) is 6.92 Å². The van der Waals surface area contributed by atoms with Gasteiger partial charge >= 0.3 is 0 Å². The monoisotopic (exact) mass is 102 g/mol. The molecule has 0 fully saturated rings. The summed E-state index contributed by atoms with van der Waals surface area (Å²) in [5.74, 6) is 0. The van der Waals surface area contributed by atoms with Crippen LogP contribution in [-0.4, -0.2) is 29.1 Å². The lowest BCUT2D eigenvalue weighted by atomic mass is 10.4. The first-order valence-electron chi connectivity index (χ1n) is 1.52. The van der Waals surface area contributed by atoms with Gasteiger partial charge in [-0.05, 0) is 6.92 Å². The van der Waals surface area contributed by atoms with Crippen LogP contribution in [0.4, 0.5) is 0 Å². The second-order valence-corrected chi connectivity index (χ2v) is 1.12. The minimum atomic E-state index is 0. The number of hydrogen-bond acceptors (Lipinski definition) is 1. The molecule has 0 aliphatic heterocycles. The van der Waals surface area contributed by atoms with E-state index in [1.54, 1.807) is 6.92 Å². The molecule has 0 aromatic rings. The average Bonchev–Trinajstić information content (AvgIpc) is 1.38. The summed E-state index contributed by atoms with van der Waals surface area (Å²) in [7, 11) is 0. The van der Waals surface area contributed by atoms with Gasteiger partial charge in [0, 0.05) is 0 Å². The van der Waals surface area contributed by atoms with Crippen molar-refractivity contribution >= 4 is 17.4 Å². The lowest BCUT2D eigenvalue weighted by Gasteiger charge is -1.79. The van der Waals surface area contributed by atoms with Crippen LogP contribution in [-0.2, 0) is 0 Å². The van der Waals surface area contributed by atoms with Crippen molar-refractivity contribution < 1.29 is 5.11 Å². The molecule has 0 aromatic heterocycles. The van der Waals surface area contributed by atoms with Crippen LogP contribution in [0.2, 0.25) is 0 Å². The summed E-state index contributed by atoms with van der Waals surface area (Å²) >= 11 is 0. The van der Waals surface area contributed by atoms with E-state index in [0.717, 1.165) is 5.57 Å². The topological polar surface area (TPSA) is 20.2 Å². The number of aliphatic hydroxyl groups excluding tert-OH is 1. The van der Waals surface area contributed by atoms with E-state index in [1.807, 2.05) is 0 Å². The van der Waals surface area contributed by atoms with Crippen LogP contribution in [0.1, 0.15) is 6.92 Å². The van der Waals surface area contributed by atoms with Gasteiger partial charge in [-0.1, -0.05) is 12.2 Å². The van der Waals surface area contributed by atoms with Crippen LogP contribution in [0.25, 0.3) is 0 Å². The average molecular weight is 102 g/mol. The standard InChI is InChI=1S/C4H8O.Al.3H/c1-4(2)3-5;;;;/h5H,1,3H2,2H3;;;;. The molecule has 1 nitrogen and oxygen atoms in total. The quantitative estimate of drug-likeness (QED) is 0.345. The predicted octanol–water partition coefficient (Wildman–Crippen LogP) is -0.629. The molecule has 0 unspecified atom stereocenters. The van der Waals surface area contributed by atoms with E-state index in [1.165, 1.54) is 0 Å². The van der Waals surface area contributed by atoms with Gasteiger partial charge in [0.1, 0.15) is 0 Å². The molecule has 0 rings (SSSR count). The molecule has 0 aromatic carbocycles. The van der Waals surface area contributed by atoms with Crippen molar-refractivity contribution in [3.63, 3.8) is 0 Å². The first-order valence-corrected chi connectivity index (χ1v) is 1.52. The maximum absolute atomic E-state index is 8.04. The minimum Gasteiger partial charge on any atom is -0.392 e. The van der Waals surface area contributed by atoms with Crippen molar-refractivity contribution in [2.24, 2.45) is 0 Å². The molecule has 0 heterocycles. The van der Waals surface area contributed by atoms with Crippen molar-refractivity contribution in [3.05, 3.63) is 12.2 Å². The molecule has 0 atom stereocenters. The molecule has 0 aliphatic carbocycles. The molecule has 0 bridgehead atoms. The van der Waals surface area contributed by atoms with Crippen LogP contribution in [0.15, 0.2) is 12.2 Å². The minimum absolute atomic E-state index is 0. The predicted molar refractivity (Wildman–Crippen MR) is 31.8 cm³/mol. The highest BCUT2D eigenvalue weighted by atomic mass is 27.0. The number of hydrogen-bond donors (Lipinski definition) is 1. The summed E-state index contributed by atoms with van der Waals surface area (Å²) in [5, 5.41) is 8.04. The van der Waals surface area contributed by atoms with Gasteiger partial charge in [-0.25, -0.2) is 0 Å². The first-order chi connectivity index (χ1) is 2.27. The molecule has 1 N–H and O–H groups in total. The highest BCUT2D eigenvalue weighted by molar-refractivity contribution is 5.75. The van der Waals surface area contributed by atoms with E-state index in [0.29, 0.717) is 0 Å². The lowest BCUT2D eigenvalue weighted by Crippen LogP contribution is -1.76. The van der Waals surface area contributed by atoms with E-state index in [9.17, 15) is 0 Å². The zero-order valence-corrected chi connectivity index (χ0v) is 3.36. The van der Waals surface area contributed by atoms with E-state index in [2.05, 4.69) is 6.58 Å². The summed E-state index contributed by atoms with van der Waals surface area (Å²) in [5.41, 5.74) is 0.810. The summed E-state index contributed by atoms with van der Waals surface area (Å²) < 4.78 is 0. The fourth-order valence-electron chi connectivity index (χ4n) is 0. The summed E-state index contributed by atoms with van der Waals surface area (Å²) in [4.78, 5) is 0. The van der Waals surface area contributed by atoms with Crippen LogP contribution >= 0.6 is 0 Å². The van der Waals surface area contributed by atoms with Crippen molar-refractivity contribution in [1.29, 1.82) is 0 Å². The number of rotatable bonds is 1. The Morgan fingerprint density at radius 1 is 1.83 bits per heavy atom. The van der Waals surface area contributed by atoms with Crippen LogP contribution in [0.3, 0.4) is 0 Å². The Bertz CT molecular complexity index is 42.8. The zero-order valence-electron chi connectivity index (χ0n) is 3.36. The van der Waals surface area contributed by atoms with E-state index in [4.69, 9.17) is 5.11 Å². The van der Waals surface area contributed by atoms with Crippen LogP contribution < -0.4 is 0 Å². The Morgan fingerprint density at radius 3 is 2.00 bits per heavy atom. The maximum atomic E-state index is 8.04. The molecule has 6 heavy (non-hydrogen) atoms. The highest BCUT2D eigenvalue weighted by Gasteiger charge is 1.69. The lowest BCUT2D eigenvalue weighted by molar-refractivity contribution is 0.332. The molecular weight excluding hydrogens is 91.0 g/mol. The van der Waals surface area contributed by atoms with Gasteiger partial charge in [0.15, 0.2) is 17.4 Å². The van der Waals surface area contributed by atoms with Crippen LogP contribution in [0, 0.1) is 0 Å². The summed E-state index contributed by atoms with van der Waals surface area (Å²) in [6.07, 6.45) is 0. The summed E-state index contributed by atoms with van der Waals surface area (Å²) in [6, 6.07) is 0. The largest absolute Gasteiger partial charge is 0.392 e. The first kappa shape index (κ1) is 9.53. The number of aliphatic hydroxyl groups is 1. The van der Waals surface area contributed by atoms with Crippen LogP contribution in [0.5, 0.6) is 0 Å². The molecule has 0 amide bonds. The zero-order chi connectivity index (χ0) is 4.28. The van der Waals surface area contributed by atoms with Gasteiger partial charge in [-0.3, -0.25) is 0 Å². The molecule has 0 saturated carbocycles. The highest BCUT2D eigenvalue weighted by Crippen LogP contribution is 1.76. The Kier molecular flexibility index (Phi) is 8.31. The Balaban J connectivity index is 0. The fourth-order valence-corrected chi connectivity index (χ4v) is 0. The van der Waals surface area contributed by atoms with Gasteiger partial charge in [0.05, 0.1) is 6.61 Å². The second-order valence-electron chi connectivity index (χ2n) is 1.12. The summed E-state index contributed by atoms with van der Waals surface area (Å²) in [6.45, 7) is 5.31. The van der Waals surface area contributed by atoms with E-state index in [-0.39, 0.29) is 24.0 Å². The van der Waals surface area contributed by atoms with Gasteiger partial charge in [-0.2, -0.15) is 0 Å². The third-order valence-electron chi connectivity index (χ3n) is 0.270. The van der Waals surface area contributed by atoms with Gasteiger partial charge in [0.25, 0.3) is 0 Å². The van der Waals surface area contributed by atoms with E-state index < -0.39 is 0 Å². The molecule has 0 aliphatic rings. The molecule has 0 radical (unpaired) electrons. The van der Waals surface area contributed by atoms with Crippen molar-refractivity contribution in [1.82, 2.24) is 0 Å². The fraction of sp³-hybridized carbons (Fsp3) is 0.500. The molecule has 0 spiro atoms. The molecule has 36 valence electrons. The Labute approximate surface area is 48.8 Å². The van der Waals surface area contributed by atoms with Gasteiger partial charge in [-0.15, -0.1) is 0 Å². The second kappa shape index (κ2) is 5.23. The molecule has 2 heteroatoms. The molecule has 0 saturated heterocycles. The van der Waals surface area contributed by atoms with Gasteiger partial charge < -0.3 is 5.11 Å². The Morgan fingerprint density at radius 2 is 2.00 bits per heavy atom. The Hall–Kier alpha value is 0.232. The normalized spacial score (nSPS) is 6.33. The third-order valence-corrected chi connectivity index (χ3v) is 0.270. The van der Waals surface area contributed by atoms with Crippen molar-refractivity contribution in [2.75, 3.05) is 6.61 Å². The van der Waals surface area contributed by atoms with Crippen molar-refractivity contribution in [3.8, 4) is 0 Å². The smallest absolute Gasteiger partial charge is 0.187 e. The maximum Gasteiger partial charge on any atom is 0.187 e. The SMILES string of the molecule is C=C(C)CO.[AlH3]. The molecular formula is C4H11AlO. The van der Waals surface area contributed by atoms with Gasteiger partial charge in [0.2, 0.25) is 0 Å².